The number of aromatic nitrogens is 1. The Morgan fingerprint density at radius 3 is 2.61 bits per heavy atom. The van der Waals surface area contributed by atoms with Crippen LogP contribution in [0.5, 0.6) is 0 Å². The molecule has 1 aromatic carbocycles. The molecule has 1 heterocycles. The maximum Gasteiger partial charge on any atom is 0.307 e. The Morgan fingerprint density at radius 2 is 2.00 bits per heavy atom. The minimum absolute atomic E-state index is 0.229. The summed E-state index contributed by atoms with van der Waals surface area (Å²) < 4.78 is 4.84. The zero-order valence-corrected chi connectivity index (χ0v) is 14.4. The highest BCUT2D eigenvalue weighted by molar-refractivity contribution is 6.31. The molecule has 5 heteroatoms. The quantitative estimate of drug-likeness (QED) is 0.821. The first-order valence-electron chi connectivity index (χ1n) is 7.42. The molecule has 0 aliphatic carbocycles. The number of esters is 1. The van der Waals surface area contributed by atoms with Gasteiger partial charge in [0.05, 0.1) is 19.1 Å². The van der Waals surface area contributed by atoms with Gasteiger partial charge in [0.25, 0.3) is 0 Å². The van der Waals surface area contributed by atoms with Gasteiger partial charge in [-0.1, -0.05) is 23.7 Å². The van der Waals surface area contributed by atoms with E-state index < -0.39 is 5.54 Å². The fraction of sp³-hybridized carbons (Fsp3) is 0.333. The molecule has 2 rings (SSSR count). The molecule has 4 nitrogen and oxygen atoms in total. The number of nitrogens with zero attached hydrogens (tertiary/aromatic N) is 1. The minimum atomic E-state index is -0.548. The van der Waals surface area contributed by atoms with Crippen molar-refractivity contribution in [1.29, 1.82) is 0 Å². The zero-order chi connectivity index (χ0) is 16.9. The summed E-state index contributed by atoms with van der Waals surface area (Å²) in [7, 11) is 1.40. The third kappa shape index (κ3) is 4.53. The molecular weight excluding hydrogens is 312 g/mol. The van der Waals surface area contributed by atoms with Crippen LogP contribution < -0.4 is 5.32 Å². The van der Waals surface area contributed by atoms with Gasteiger partial charge < -0.3 is 10.1 Å². The van der Waals surface area contributed by atoms with Crippen LogP contribution in [0.3, 0.4) is 0 Å². The molecule has 0 radical (unpaired) electrons. The van der Waals surface area contributed by atoms with Crippen molar-refractivity contribution in [3.63, 3.8) is 0 Å². The number of hydrogen-bond donors (Lipinski definition) is 1. The lowest BCUT2D eigenvalue weighted by Gasteiger charge is -2.30. The summed E-state index contributed by atoms with van der Waals surface area (Å²) in [6, 6.07) is 9.76. The molecule has 0 unspecified atom stereocenters. The molecule has 1 N–H and O–H groups in total. The highest BCUT2D eigenvalue weighted by atomic mass is 35.5. The Kier molecular flexibility index (Phi) is 5.74. The Labute approximate surface area is 141 Å². The van der Waals surface area contributed by atoms with Crippen molar-refractivity contribution >= 4 is 17.6 Å². The fourth-order valence-electron chi connectivity index (χ4n) is 2.39. The largest absolute Gasteiger partial charge is 0.469 e. The summed E-state index contributed by atoms with van der Waals surface area (Å²) in [6.07, 6.45) is 3.66. The lowest BCUT2D eigenvalue weighted by Crippen LogP contribution is -2.41. The molecule has 0 saturated heterocycles. The second-order valence-corrected chi connectivity index (χ2v) is 6.17. The Hall–Kier alpha value is -1.91. The van der Waals surface area contributed by atoms with Gasteiger partial charge in [-0.25, -0.2) is 0 Å². The molecule has 122 valence electrons. The number of halogens is 1. The van der Waals surface area contributed by atoms with Crippen molar-refractivity contribution in [3.8, 4) is 0 Å². The molecule has 0 aliphatic rings. The molecule has 0 amide bonds. The first-order chi connectivity index (χ1) is 10.9. The van der Waals surface area contributed by atoms with Gasteiger partial charge in [0.2, 0.25) is 0 Å². The number of benzene rings is 1. The molecule has 0 fully saturated rings. The molecule has 0 spiro atoms. The van der Waals surface area contributed by atoms with E-state index in [0.717, 1.165) is 21.7 Å². The van der Waals surface area contributed by atoms with E-state index in [1.54, 1.807) is 12.4 Å². The number of methoxy groups -OCH3 is 1. The standard InChI is InChI=1S/C18H21ClN2O2/c1-13-4-5-14(10-16(13)19)12-21-18(2,11-17(22)23-3)15-6-8-20-9-7-15/h4-10,21H,11-12H2,1-3H3/t18-/m0/s1. The van der Waals surface area contributed by atoms with Crippen LogP contribution in [0.2, 0.25) is 5.02 Å². The second kappa shape index (κ2) is 7.57. The number of rotatable bonds is 6. The maximum absolute atomic E-state index is 11.8. The monoisotopic (exact) mass is 332 g/mol. The average Bonchev–Trinajstić information content (AvgIpc) is 2.56. The molecular formula is C18H21ClN2O2. The smallest absolute Gasteiger partial charge is 0.307 e. The van der Waals surface area contributed by atoms with E-state index in [2.05, 4.69) is 10.3 Å². The van der Waals surface area contributed by atoms with Crippen molar-refractivity contribution in [2.75, 3.05) is 7.11 Å². The van der Waals surface area contributed by atoms with Crippen LogP contribution >= 0.6 is 11.6 Å². The summed E-state index contributed by atoms with van der Waals surface area (Å²) >= 11 is 6.18. The summed E-state index contributed by atoms with van der Waals surface area (Å²) in [6.45, 7) is 4.54. The molecule has 0 bridgehead atoms. The van der Waals surface area contributed by atoms with Gasteiger partial charge in [-0.2, -0.15) is 0 Å². The molecule has 0 aliphatic heterocycles. The van der Waals surface area contributed by atoms with Crippen molar-refractivity contribution in [2.24, 2.45) is 0 Å². The van der Waals surface area contributed by atoms with Gasteiger partial charge in [-0.3, -0.25) is 9.78 Å². The molecule has 1 atom stereocenters. The summed E-state index contributed by atoms with van der Waals surface area (Å²) in [5, 5.41) is 4.19. The Morgan fingerprint density at radius 1 is 1.30 bits per heavy atom. The number of carbonyl (C=O) groups excluding carboxylic acids is 1. The van der Waals surface area contributed by atoms with E-state index in [9.17, 15) is 4.79 Å². The van der Waals surface area contributed by atoms with Crippen molar-refractivity contribution in [2.45, 2.75) is 32.4 Å². The highest BCUT2D eigenvalue weighted by Gasteiger charge is 2.29. The topological polar surface area (TPSA) is 51.2 Å². The number of ether oxygens (including phenoxy) is 1. The van der Waals surface area contributed by atoms with Gasteiger partial charge in [-0.15, -0.1) is 0 Å². The Bertz CT molecular complexity index is 676. The predicted octanol–water partition coefficient (Wildman–Crippen LogP) is 3.61. The lowest BCUT2D eigenvalue weighted by molar-refractivity contribution is -0.142. The predicted molar refractivity (Wildman–Crippen MR) is 91.3 cm³/mol. The van der Waals surface area contributed by atoms with E-state index in [0.29, 0.717) is 6.54 Å². The zero-order valence-electron chi connectivity index (χ0n) is 13.6. The van der Waals surface area contributed by atoms with E-state index in [1.165, 1.54) is 7.11 Å². The van der Waals surface area contributed by atoms with Crippen molar-refractivity contribution in [3.05, 3.63) is 64.4 Å². The van der Waals surface area contributed by atoms with Crippen LogP contribution in [-0.2, 0) is 21.6 Å². The van der Waals surface area contributed by atoms with Gasteiger partial charge in [0, 0.05) is 24.0 Å². The summed E-state index contributed by atoms with van der Waals surface area (Å²) in [4.78, 5) is 15.8. The van der Waals surface area contributed by atoms with Gasteiger partial charge in [-0.05, 0) is 48.7 Å². The van der Waals surface area contributed by atoms with Crippen LogP contribution in [-0.4, -0.2) is 18.1 Å². The molecule has 1 aromatic heterocycles. The summed E-state index contributed by atoms with van der Waals surface area (Å²) in [5.74, 6) is -0.265. The Balaban J connectivity index is 2.20. The van der Waals surface area contributed by atoms with Gasteiger partial charge >= 0.3 is 5.97 Å². The first-order valence-corrected chi connectivity index (χ1v) is 7.80. The lowest BCUT2D eigenvalue weighted by atomic mass is 9.89. The van der Waals surface area contributed by atoms with Crippen LogP contribution in [0.25, 0.3) is 0 Å². The average molecular weight is 333 g/mol. The van der Waals surface area contributed by atoms with Gasteiger partial charge in [0.1, 0.15) is 0 Å². The van der Waals surface area contributed by atoms with Crippen LogP contribution in [0.1, 0.15) is 30.0 Å². The molecule has 23 heavy (non-hydrogen) atoms. The third-order valence-electron chi connectivity index (χ3n) is 3.96. The third-order valence-corrected chi connectivity index (χ3v) is 4.37. The van der Waals surface area contributed by atoms with E-state index in [-0.39, 0.29) is 12.4 Å². The van der Waals surface area contributed by atoms with Crippen molar-refractivity contribution in [1.82, 2.24) is 10.3 Å². The van der Waals surface area contributed by atoms with E-state index >= 15 is 0 Å². The van der Waals surface area contributed by atoms with Crippen LogP contribution in [0.4, 0.5) is 0 Å². The number of nitrogens with one attached hydrogen (secondary N) is 1. The SMILES string of the molecule is COC(=O)C[C@](C)(NCc1ccc(C)c(Cl)c1)c1ccncc1. The van der Waals surface area contributed by atoms with E-state index in [4.69, 9.17) is 16.3 Å². The number of aryl methyl sites for hydroxylation is 1. The maximum atomic E-state index is 11.8. The number of pyridine rings is 1. The highest BCUT2D eigenvalue weighted by Crippen LogP contribution is 2.26. The second-order valence-electron chi connectivity index (χ2n) is 5.76. The molecule has 0 saturated carbocycles. The minimum Gasteiger partial charge on any atom is -0.469 e. The van der Waals surface area contributed by atoms with Crippen LogP contribution in [0, 0.1) is 6.92 Å². The first kappa shape index (κ1) is 17.4. The van der Waals surface area contributed by atoms with Crippen LogP contribution in [0.15, 0.2) is 42.7 Å². The van der Waals surface area contributed by atoms with Gasteiger partial charge in [0.15, 0.2) is 0 Å². The summed E-state index contributed by atoms with van der Waals surface area (Å²) in [5.41, 5.74) is 2.54. The number of carbonyl (C=O) groups is 1. The normalized spacial score (nSPS) is 13.4. The fourth-order valence-corrected chi connectivity index (χ4v) is 2.59. The molecule has 2 aromatic rings. The number of hydrogen-bond acceptors (Lipinski definition) is 4. The van der Waals surface area contributed by atoms with E-state index in [1.807, 2.05) is 44.2 Å². The van der Waals surface area contributed by atoms with Crippen molar-refractivity contribution < 1.29 is 9.53 Å².